The maximum absolute atomic E-state index is 4.50. The molecule has 0 fully saturated rings. The van der Waals surface area contributed by atoms with Crippen LogP contribution >= 0.6 is 29.7 Å². The van der Waals surface area contributed by atoms with Crippen molar-refractivity contribution in [2.75, 3.05) is 7.05 Å². The van der Waals surface area contributed by atoms with Crippen LogP contribution in [0, 0.1) is 0 Å². The van der Waals surface area contributed by atoms with Crippen LogP contribution < -0.4 is 74.6 Å². The van der Waals surface area contributed by atoms with Crippen LogP contribution in [0.15, 0.2) is 0 Å². The number of nitrogens with two attached hydrogens (primary N) is 1. The minimum Gasteiger partial charge on any atom is -1.00 e. The van der Waals surface area contributed by atoms with Gasteiger partial charge in [-0.1, -0.05) is 0 Å². The normalized spacial score (nSPS) is 4.00. The van der Waals surface area contributed by atoms with Gasteiger partial charge in [-0.2, -0.15) is 0 Å². The molecule has 6 heavy (non-hydrogen) atoms. The third kappa shape index (κ3) is 24.2. The minimum absolute atomic E-state index is 0. The van der Waals surface area contributed by atoms with Crippen LogP contribution in [0.25, 0.3) is 0 Å². The summed E-state index contributed by atoms with van der Waals surface area (Å²) in [5, 5.41) is 0. The summed E-state index contributed by atoms with van der Waals surface area (Å²) in [5.41, 5.74) is 4.50. The molecule has 0 aliphatic carbocycles. The molecule has 0 heterocycles. The summed E-state index contributed by atoms with van der Waals surface area (Å²) in [6, 6.07) is 0. The average Bonchev–Trinajstić information content (AvgIpc) is 1.46. The first-order valence-electron chi connectivity index (χ1n) is 0.955. The summed E-state index contributed by atoms with van der Waals surface area (Å²) in [6.45, 7) is 0. The molecule has 0 aromatic rings. The van der Waals surface area contributed by atoms with E-state index in [9.17, 15) is 0 Å². The van der Waals surface area contributed by atoms with E-state index < -0.39 is 0 Å². The monoisotopic (exact) mass is 579 g/mol. The largest absolute Gasteiger partial charge is 1.00 e. The summed E-state index contributed by atoms with van der Waals surface area (Å²) in [6.07, 6.45) is 0. The van der Waals surface area contributed by atoms with E-state index in [1.807, 2.05) is 0 Å². The molecule has 0 bridgehead atoms. The molecule has 0 aliphatic rings. The molecular weight excluding hydrogens is 573 g/mol. The predicted octanol–water partition coefficient (Wildman–Crippen LogP) is -1.96. The first-order valence-corrected chi connectivity index (χ1v) is 20.3. The van der Waals surface area contributed by atoms with Crippen molar-refractivity contribution in [2.24, 2.45) is 5.73 Å². The molecule has 5 heteroatoms. The predicted molar refractivity (Wildman–Crippen MR) is 39.9 cm³/mol. The molecule has 0 spiro atoms. The van der Waals surface area contributed by atoms with E-state index in [1.165, 1.54) is 7.05 Å². The molecule has 0 rings (SSSR count). The van der Waals surface area contributed by atoms with E-state index in [0.717, 1.165) is 0 Å². The Kier molecular flexibility index (Phi) is 63.5. The van der Waals surface area contributed by atoms with Gasteiger partial charge in [0.15, 0.2) is 0 Å². The Balaban J connectivity index is -0.0000000105. The van der Waals surface area contributed by atoms with E-state index in [0.29, 0.717) is 0 Å². The number of rotatable bonds is 0. The van der Waals surface area contributed by atoms with Gasteiger partial charge in [0, 0.05) is 0 Å². The van der Waals surface area contributed by atoms with Gasteiger partial charge in [0.2, 0.25) is 0 Å². The molecule has 0 amide bonds. The Labute approximate surface area is 126 Å². The van der Waals surface area contributed by atoms with E-state index in [2.05, 4.69) is 35.5 Å². The van der Waals surface area contributed by atoms with Crippen molar-refractivity contribution in [3.05, 3.63) is 0 Å². The SMILES string of the molecule is CN.[Br][Pb][I].[Cs+].[H-]. The van der Waals surface area contributed by atoms with Crippen molar-refractivity contribution in [2.45, 2.75) is 0 Å². The molecule has 34 valence electrons. The van der Waals surface area contributed by atoms with Gasteiger partial charge < -0.3 is 7.16 Å². The van der Waals surface area contributed by atoms with Crippen LogP contribution in [0.3, 0.4) is 0 Å². The number of halogens is 2. The van der Waals surface area contributed by atoms with Gasteiger partial charge in [0.05, 0.1) is 0 Å². The molecular formula is CH6BrCsINPb. The summed E-state index contributed by atoms with van der Waals surface area (Å²) < 4.78 is 0. The quantitative estimate of drug-likeness (QED) is 0.262. The molecule has 0 atom stereocenters. The summed E-state index contributed by atoms with van der Waals surface area (Å²) in [4.78, 5) is 0. The zero-order valence-corrected chi connectivity index (χ0v) is 17.7. The molecule has 0 saturated carbocycles. The van der Waals surface area contributed by atoms with Crippen molar-refractivity contribution < 1.29 is 70.3 Å². The van der Waals surface area contributed by atoms with Crippen molar-refractivity contribution in [1.82, 2.24) is 0 Å². The van der Waals surface area contributed by atoms with Crippen LogP contribution in [-0.4, -0.2) is 24.6 Å². The van der Waals surface area contributed by atoms with Crippen molar-refractivity contribution >= 4 is 47.3 Å². The summed E-state index contributed by atoms with van der Waals surface area (Å²) in [7, 11) is 1.50. The maximum Gasteiger partial charge on any atom is 1.00 e. The standard InChI is InChI=1S/CH5N.BrH.Cs.HI.Pb.H/c1-2;;;;;/h2H2,1H3;1H;;1H;;/q;;+1;;+2;-1/p-2. The Morgan fingerprint density at radius 1 is 1.83 bits per heavy atom. The second-order valence-electron chi connectivity index (χ2n) is 0.0714. The molecule has 0 aromatic heterocycles. The molecule has 2 N–H and O–H groups in total. The van der Waals surface area contributed by atoms with E-state index in [-0.39, 0.29) is 87.9 Å². The molecule has 0 unspecified atom stereocenters. The smallest absolute Gasteiger partial charge is 1.00 e. The Morgan fingerprint density at radius 3 is 1.83 bits per heavy atom. The Hall–Kier alpha value is 4.14. The van der Waals surface area contributed by atoms with Crippen LogP contribution in [0.4, 0.5) is 0 Å². The average molecular weight is 579 g/mol. The molecule has 0 aliphatic heterocycles. The van der Waals surface area contributed by atoms with Gasteiger partial charge in [-0.25, -0.2) is 0 Å². The minimum atomic E-state index is -0.134. The van der Waals surface area contributed by atoms with E-state index in [1.54, 1.807) is 0 Å². The molecule has 1 nitrogen and oxygen atoms in total. The van der Waals surface area contributed by atoms with Gasteiger partial charge in [-0.15, -0.1) is 0 Å². The first kappa shape index (κ1) is 16.6. The second kappa shape index (κ2) is 22.9. The van der Waals surface area contributed by atoms with Gasteiger partial charge in [-0.3, -0.25) is 0 Å². The van der Waals surface area contributed by atoms with Gasteiger partial charge in [0.1, 0.15) is 0 Å². The van der Waals surface area contributed by atoms with E-state index >= 15 is 0 Å². The molecule has 2 radical (unpaired) electrons. The third-order valence-electron chi connectivity index (χ3n) is 0. The van der Waals surface area contributed by atoms with E-state index in [4.69, 9.17) is 0 Å². The van der Waals surface area contributed by atoms with Crippen LogP contribution in [0.2, 0.25) is 0 Å². The fraction of sp³-hybridized carbons (Fsp3) is 1.00. The second-order valence-corrected chi connectivity index (χ2v) is 21.8. The van der Waals surface area contributed by atoms with Crippen LogP contribution in [0.1, 0.15) is 1.43 Å². The third-order valence-corrected chi connectivity index (χ3v) is 0. The zero-order chi connectivity index (χ0) is 4.71. The number of hydrogen-bond donors (Lipinski definition) is 1. The molecule has 0 aromatic carbocycles. The topological polar surface area (TPSA) is 26.0 Å². The summed E-state index contributed by atoms with van der Waals surface area (Å²) >= 11 is 5.59. The first-order chi connectivity index (χ1) is 2.41. The van der Waals surface area contributed by atoms with Gasteiger partial charge in [-0.05, 0) is 7.05 Å². The van der Waals surface area contributed by atoms with Gasteiger partial charge in [0.25, 0.3) is 0 Å². The molecule has 0 saturated heterocycles. The van der Waals surface area contributed by atoms with Gasteiger partial charge >= 0.3 is 116 Å². The Morgan fingerprint density at radius 2 is 1.83 bits per heavy atom. The van der Waals surface area contributed by atoms with Crippen LogP contribution in [0.5, 0.6) is 0 Å². The maximum atomic E-state index is 4.50. The number of hydrogen-bond acceptors (Lipinski definition) is 1. The van der Waals surface area contributed by atoms with Crippen LogP contribution in [-0.2, 0) is 0 Å². The van der Waals surface area contributed by atoms with Crippen molar-refractivity contribution in [1.29, 1.82) is 0 Å². The van der Waals surface area contributed by atoms with Crippen molar-refractivity contribution in [3.63, 3.8) is 0 Å². The Bertz CT molecular complexity index is 19.7. The fourth-order valence-electron chi connectivity index (χ4n) is 0. The summed E-state index contributed by atoms with van der Waals surface area (Å²) in [5.74, 6) is 0. The zero-order valence-electron chi connectivity index (χ0n) is 4.83. The fourth-order valence-corrected chi connectivity index (χ4v) is 0. The van der Waals surface area contributed by atoms with Crippen molar-refractivity contribution in [3.8, 4) is 0 Å².